The summed E-state index contributed by atoms with van der Waals surface area (Å²) in [5.41, 5.74) is -2.31. The summed E-state index contributed by atoms with van der Waals surface area (Å²) < 4.78 is 67.4. The molecule has 2 saturated heterocycles. The number of fused-ring (bicyclic) bond motifs is 2. The zero-order chi connectivity index (χ0) is 28.9. The number of hydrogen-bond donors (Lipinski definition) is 3. The first-order chi connectivity index (χ1) is 18.1. The average Bonchev–Trinajstić information content (AvgIpc) is 3.57. The van der Waals surface area contributed by atoms with Crippen LogP contribution in [0.1, 0.15) is 85.7 Å². The second-order valence-electron chi connectivity index (χ2n) is 10.6. The van der Waals surface area contributed by atoms with Crippen molar-refractivity contribution >= 4 is 29.0 Å². The highest BCUT2D eigenvalue weighted by atomic mass is 32.1. The summed E-state index contributed by atoms with van der Waals surface area (Å²) in [5, 5.41) is 14.7. The molecule has 3 N–H and O–H groups in total. The number of hydrogen-bond acceptors (Lipinski definition) is 7. The molecule has 8 nitrogen and oxygen atoms in total. The smallest absolute Gasteiger partial charge is 0.388 e. The molecule has 2 aromatic rings. The summed E-state index contributed by atoms with van der Waals surface area (Å²) in [4.78, 5) is 36.5. The van der Waals surface area contributed by atoms with E-state index in [1.54, 1.807) is 11.8 Å². The lowest BCUT2D eigenvalue weighted by Gasteiger charge is -2.26. The third-order valence-corrected chi connectivity index (χ3v) is 8.48. The molecule has 2 aliphatic rings. The molecule has 0 aliphatic carbocycles. The Bertz CT molecular complexity index is 1230. The summed E-state index contributed by atoms with van der Waals surface area (Å²) in [5.74, 6) is -1.61. The van der Waals surface area contributed by atoms with Gasteiger partial charge in [0.25, 0.3) is 18.2 Å². The van der Waals surface area contributed by atoms with Crippen LogP contribution in [0.3, 0.4) is 0 Å². The molecule has 0 unspecified atom stereocenters. The second-order valence-corrected chi connectivity index (χ2v) is 11.6. The number of anilines is 1. The van der Waals surface area contributed by atoms with Gasteiger partial charge in [0.2, 0.25) is 0 Å². The maximum Gasteiger partial charge on any atom is 0.408 e. The average molecular weight is 576 g/mol. The fourth-order valence-corrected chi connectivity index (χ4v) is 5.76. The van der Waals surface area contributed by atoms with E-state index in [1.807, 2.05) is 0 Å². The van der Waals surface area contributed by atoms with E-state index in [1.165, 1.54) is 13.8 Å². The standard InChI is InChI=1S/C25H30F5N5O3S/c1-11(24(3,4)38)33-21(36)22-34-18(23(37)35-13-5-6-14(35)8-7-13)19(39-22)16-10-31-17(9-15(16)20(26)27)32-12(2)25(28,29)30/h9-14,20,38H,5-8H2,1-4H3,(H,31,32)(H,33,36)/t11-,12-,13-,14-/m0/s1. The van der Waals surface area contributed by atoms with E-state index >= 15 is 0 Å². The Kier molecular flexibility index (Phi) is 7.92. The molecule has 2 atom stereocenters. The van der Waals surface area contributed by atoms with Crippen LogP contribution < -0.4 is 10.6 Å². The zero-order valence-electron chi connectivity index (χ0n) is 21.8. The quantitative estimate of drug-likeness (QED) is 0.376. The van der Waals surface area contributed by atoms with Gasteiger partial charge in [-0.25, -0.2) is 18.7 Å². The minimum absolute atomic E-state index is 0.00679. The van der Waals surface area contributed by atoms with Crippen LogP contribution in [0.5, 0.6) is 0 Å². The van der Waals surface area contributed by atoms with Crippen LogP contribution in [0.15, 0.2) is 12.3 Å². The lowest BCUT2D eigenvalue weighted by Crippen LogP contribution is -2.47. The highest BCUT2D eigenvalue weighted by Gasteiger charge is 2.44. The maximum atomic E-state index is 14.2. The minimum atomic E-state index is -4.62. The molecular weight excluding hydrogens is 545 g/mol. The van der Waals surface area contributed by atoms with E-state index in [2.05, 4.69) is 20.6 Å². The fourth-order valence-electron chi connectivity index (χ4n) is 4.77. The Labute approximate surface area is 226 Å². The van der Waals surface area contributed by atoms with Crippen LogP contribution in [0.2, 0.25) is 0 Å². The molecule has 4 heterocycles. The van der Waals surface area contributed by atoms with E-state index in [9.17, 15) is 36.6 Å². The molecule has 2 amide bonds. The van der Waals surface area contributed by atoms with Crippen molar-refractivity contribution in [3.63, 3.8) is 0 Å². The van der Waals surface area contributed by atoms with Gasteiger partial charge in [0.05, 0.1) is 16.5 Å². The van der Waals surface area contributed by atoms with Gasteiger partial charge in [0.1, 0.15) is 17.6 Å². The molecular formula is C25H30F5N5O3S. The molecule has 214 valence electrons. The molecule has 0 saturated carbocycles. The number of aliphatic hydroxyl groups is 1. The lowest BCUT2D eigenvalue weighted by molar-refractivity contribution is -0.138. The number of carbonyl (C=O) groups excluding carboxylic acids is 2. The SMILES string of the molecule is C[C@H](NC(=O)c1nc(C(=O)N2[C@H]3CC[C@H]2CC3)c(-c2cnc(N[C@@H](C)C(F)(F)F)cc2C(F)F)s1)C(C)(C)O. The summed E-state index contributed by atoms with van der Waals surface area (Å²) in [6.07, 6.45) is -3.52. The normalized spacial score (nSPS) is 20.8. The molecule has 2 aliphatic heterocycles. The van der Waals surface area contributed by atoms with Crippen molar-refractivity contribution in [3.05, 3.63) is 28.5 Å². The van der Waals surface area contributed by atoms with Gasteiger partial charge in [-0.05, 0) is 59.4 Å². The van der Waals surface area contributed by atoms with Gasteiger partial charge in [-0.15, -0.1) is 11.3 Å². The first-order valence-electron chi connectivity index (χ1n) is 12.6. The van der Waals surface area contributed by atoms with E-state index in [0.29, 0.717) is 11.3 Å². The van der Waals surface area contributed by atoms with Gasteiger partial charge in [-0.3, -0.25) is 9.59 Å². The van der Waals surface area contributed by atoms with Crippen LogP contribution in [-0.4, -0.2) is 67.7 Å². The van der Waals surface area contributed by atoms with E-state index in [4.69, 9.17) is 0 Å². The van der Waals surface area contributed by atoms with Crippen LogP contribution >= 0.6 is 11.3 Å². The predicted molar refractivity (Wildman–Crippen MR) is 135 cm³/mol. The number of amides is 2. The fraction of sp³-hybridized carbons (Fsp3) is 0.600. The van der Waals surface area contributed by atoms with Crippen molar-refractivity contribution in [2.45, 2.75) is 95.7 Å². The van der Waals surface area contributed by atoms with Crippen LogP contribution in [0, 0.1) is 0 Å². The highest BCUT2D eigenvalue weighted by molar-refractivity contribution is 7.17. The first kappa shape index (κ1) is 29.1. The molecule has 39 heavy (non-hydrogen) atoms. The van der Waals surface area contributed by atoms with Crippen molar-refractivity contribution in [3.8, 4) is 10.4 Å². The lowest BCUT2D eigenvalue weighted by atomic mass is 10.0. The van der Waals surface area contributed by atoms with Gasteiger partial charge >= 0.3 is 6.18 Å². The Morgan fingerprint density at radius 3 is 2.21 bits per heavy atom. The van der Waals surface area contributed by atoms with Crippen molar-refractivity contribution < 1.29 is 36.6 Å². The van der Waals surface area contributed by atoms with E-state index < -0.39 is 53.5 Å². The highest BCUT2D eigenvalue weighted by Crippen LogP contribution is 2.42. The third kappa shape index (κ3) is 6.01. The molecule has 2 fully saturated rings. The largest absolute Gasteiger partial charge is 0.408 e. The third-order valence-electron chi connectivity index (χ3n) is 7.39. The molecule has 14 heteroatoms. The predicted octanol–water partition coefficient (Wildman–Crippen LogP) is 5.16. The van der Waals surface area contributed by atoms with Gasteiger partial charge in [-0.1, -0.05) is 0 Å². The topological polar surface area (TPSA) is 107 Å². The Morgan fingerprint density at radius 2 is 1.69 bits per heavy atom. The Hall–Kier alpha value is -2.87. The van der Waals surface area contributed by atoms with Gasteiger partial charge in [0.15, 0.2) is 5.01 Å². The van der Waals surface area contributed by atoms with Gasteiger partial charge < -0.3 is 20.6 Å². The van der Waals surface area contributed by atoms with Crippen molar-refractivity contribution in [2.75, 3.05) is 5.32 Å². The molecule has 0 radical (unpaired) electrons. The van der Waals surface area contributed by atoms with Gasteiger partial charge in [-0.2, -0.15) is 13.2 Å². The Balaban J connectivity index is 1.77. The maximum absolute atomic E-state index is 14.2. The van der Waals surface area contributed by atoms with E-state index in [0.717, 1.165) is 44.9 Å². The molecule has 2 bridgehead atoms. The van der Waals surface area contributed by atoms with E-state index in [-0.39, 0.29) is 33.2 Å². The number of nitrogens with zero attached hydrogens (tertiary/aromatic N) is 3. The number of halogens is 5. The van der Waals surface area contributed by atoms with Crippen LogP contribution in [0.25, 0.3) is 10.4 Å². The van der Waals surface area contributed by atoms with Crippen molar-refractivity contribution in [2.24, 2.45) is 0 Å². The number of thiazole rings is 1. The molecule has 4 rings (SSSR count). The second kappa shape index (κ2) is 10.6. The van der Waals surface area contributed by atoms with Crippen LogP contribution in [0.4, 0.5) is 27.8 Å². The number of pyridine rings is 1. The molecule has 2 aromatic heterocycles. The van der Waals surface area contributed by atoms with Gasteiger partial charge in [0, 0.05) is 29.4 Å². The molecule has 0 aromatic carbocycles. The number of alkyl halides is 5. The van der Waals surface area contributed by atoms with Crippen molar-refractivity contribution in [1.29, 1.82) is 0 Å². The first-order valence-corrected chi connectivity index (χ1v) is 13.4. The number of rotatable bonds is 8. The van der Waals surface area contributed by atoms with Crippen LogP contribution in [-0.2, 0) is 0 Å². The summed E-state index contributed by atoms with van der Waals surface area (Å²) in [6.45, 7) is 5.41. The zero-order valence-corrected chi connectivity index (χ0v) is 22.6. The van der Waals surface area contributed by atoms with Crippen molar-refractivity contribution in [1.82, 2.24) is 20.2 Å². The summed E-state index contributed by atoms with van der Waals surface area (Å²) >= 11 is 0.713. The number of nitrogens with one attached hydrogen (secondary N) is 2. The minimum Gasteiger partial charge on any atom is -0.388 e. The summed E-state index contributed by atoms with van der Waals surface area (Å²) in [6, 6.07) is -1.95. The molecule has 0 spiro atoms. The Morgan fingerprint density at radius 1 is 1.10 bits per heavy atom. The monoisotopic (exact) mass is 575 g/mol. The summed E-state index contributed by atoms with van der Waals surface area (Å²) in [7, 11) is 0. The number of carbonyl (C=O) groups is 2. The number of aromatic nitrogens is 2.